The minimum absolute atomic E-state index is 0.278. The Morgan fingerprint density at radius 3 is 2.81 bits per heavy atom. The number of ether oxygens (including phenoxy) is 1. The smallest absolute Gasteiger partial charge is 0.339 e. The normalized spacial score (nSPS) is 15.7. The molecule has 2 aromatic carbocycles. The summed E-state index contributed by atoms with van der Waals surface area (Å²) in [4.78, 5) is 29.6. The van der Waals surface area contributed by atoms with Crippen molar-refractivity contribution in [1.29, 1.82) is 0 Å². The lowest BCUT2D eigenvalue weighted by Crippen LogP contribution is -2.37. The zero-order valence-corrected chi connectivity index (χ0v) is 15.0. The first kappa shape index (κ1) is 17.4. The molecule has 0 saturated heterocycles. The van der Waals surface area contributed by atoms with Gasteiger partial charge in [0, 0.05) is 23.9 Å². The molecule has 1 N–H and O–H groups in total. The Balaban J connectivity index is 1.41. The lowest BCUT2D eigenvalue weighted by atomic mass is 9.98. The van der Waals surface area contributed by atoms with Gasteiger partial charge in [0.05, 0.1) is 5.56 Å². The quantitative estimate of drug-likeness (QED) is 0.700. The topological polar surface area (TPSA) is 68.3 Å². The average molecular weight is 382 g/mol. The van der Waals surface area contributed by atoms with Crippen LogP contribution in [0.2, 0.25) is 0 Å². The number of nitrogens with zero attached hydrogens (tertiary/aromatic N) is 1. The van der Waals surface area contributed by atoms with Gasteiger partial charge in [0.2, 0.25) is 0 Å². The number of carbonyl (C=O) groups is 2. The SMILES string of the molecule is O=C1OC(C(=O)Nc2ncc(Cc3ccc(F)cc3)s2)Cc2ccccc21. The highest BCUT2D eigenvalue weighted by Gasteiger charge is 2.31. The second kappa shape index (κ2) is 7.28. The molecule has 7 heteroatoms. The second-order valence-electron chi connectivity index (χ2n) is 6.18. The molecule has 1 aliphatic rings. The summed E-state index contributed by atoms with van der Waals surface area (Å²) < 4.78 is 18.2. The minimum Gasteiger partial charge on any atom is -0.448 e. The number of nitrogens with one attached hydrogen (secondary N) is 1. The number of thiazole rings is 1. The van der Waals surface area contributed by atoms with Gasteiger partial charge in [-0.05, 0) is 29.3 Å². The fraction of sp³-hybridized carbons (Fsp3) is 0.150. The Bertz CT molecular complexity index is 1000. The van der Waals surface area contributed by atoms with Gasteiger partial charge in [-0.1, -0.05) is 30.3 Å². The third-order valence-electron chi connectivity index (χ3n) is 4.26. The van der Waals surface area contributed by atoms with Gasteiger partial charge in [0.15, 0.2) is 11.2 Å². The highest BCUT2D eigenvalue weighted by atomic mass is 32.1. The van der Waals surface area contributed by atoms with E-state index in [1.807, 2.05) is 12.1 Å². The van der Waals surface area contributed by atoms with Gasteiger partial charge in [-0.15, -0.1) is 11.3 Å². The van der Waals surface area contributed by atoms with Gasteiger partial charge in [-0.2, -0.15) is 0 Å². The molecule has 0 spiro atoms. The maximum absolute atomic E-state index is 13.0. The molecule has 5 nitrogen and oxygen atoms in total. The number of halogens is 1. The number of benzene rings is 2. The summed E-state index contributed by atoms with van der Waals surface area (Å²) in [6.45, 7) is 0. The molecule has 1 amide bonds. The molecule has 0 saturated carbocycles. The molecule has 4 rings (SSSR count). The Hall–Kier alpha value is -3.06. The molecular weight excluding hydrogens is 367 g/mol. The van der Waals surface area contributed by atoms with Crippen molar-refractivity contribution < 1.29 is 18.7 Å². The number of anilines is 1. The fourth-order valence-electron chi connectivity index (χ4n) is 2.91. The molecule has 2 heterocycles. The maximum atomic E-state index is 13.0. The molecule has 1 aromatic heterocycles. The van der Waals surface area contributed by atoms with Gasteiger partial charge in [-0.3, -0.25) is 10.1 Å². The second-order valence-corrected chi connectivity index (χ2v) is 7.29. The van der Waals surface area contributed by atoms with Crippen LogP contribution in [0, 0.1) is 5.82 Å². The highest BCUT2D eigenvalue weighted by molar-refractivity contribution is 7.15. The number of hydrogen-bond acceptors (Lipinski definition) is 5. The molecule has 3 aromatic rings. The van der Waals surface area contributed by atoms with Gasteiger partial charge in [-0.25, -0.2) is 14.2 Å². The molecule has 0 bridgehead atoms. The zero-order chi connectivity index (χ0) is 18.8. The van der Waals surface area contributed by atoms with Crippen LogP contribution in [0.3, 0.4) is 0 Å². The number of cyclic esters (lactones) is 1. The molecule has 136 valence electrons. The van der Waals surface area contributed by atoms with Crippen molar-refractivity contribution in [2.75, 3.05) is 5.32 Å². The van der Waals surface area contributed by atoms with E-state index in [0.717, 1.165) is 16.0 Å². The van der Waals surface area contributed by atoms with E-state index in [2.05, 4.69) is 10.3 Å². The third kappa shape index (κ3) is 3.88. The largest absolute Gasteiger partial charge is 0.448 e. The zero-order valence-electron chi connectivity index (χ0n) is 14.1. The van der Waals surface area contributed by atoms with Crippen LogP contribution in [0.4, 0.5) is 9.52 Å². The number of hydrogen-bond donors (Lipinski definition) is 1. The number of fused-ring (bicyclic) bond motifs is 1. The van der Waals surface area contributed by atoms with Gasteiger partial charge >= 0.3 is 5.97 Å². The standard InChI is InChI=1S/C20H15FN2O3S/c21-14-7-5-12(6-8-14)9-15-11-22-20(27-15)23-18(24)17-10-13-3-1-2-4-16(13)19(25)26-17/h1-8,11,17H,9-10H2,(H,22,23,24). The van der Waals surface area contributed by atoms with E-state index in [0.29, 0.717) is 23.5 Å². The summed E-state index contributed by atoms with van der Waals surface area (Å²) in [5.74, 6) is -1.17. The summed E-state index contributed by atoms with van der Waals surface area (Å²) in [6.07, 6.45) is 1.73. The van der Waals surface area contributed by atoms with Crippen molar-refractivity contribution in [2.45, 2.75) is 18.9 Å². The first-order valence-corrected chi connectivity index (χ1v) is 9.19. The van der Waals surface area contributed by atoms with Crippen molar-refractivity contribution in [1.82, 2.24) is 4.98 Å². The predicted octanol–water partition coefficient (Wildman–Crippen LogP) is 3.59. The van der Waals surface area contributed by atoms with Crippen molar-refractivity contribution in [2.24, 2.45) is 0 Å². The molecule has 27 heavy (non-hydrogen) atoms. The molecule has 1 unspecified atom stereocenters. The monoisotopic (exact) mass is 382 g/mol. The summed E-state index contributed by atoms with van der Waals surface area (Å²) in [5.41, 5.74) is 2.25. The Morgan fingerprint density at radius 1 is 1.22 bits per heavy atom. The van der Waals surface area contributed by atoms with E-state index in [-0.39, 0.29) is 5.82 Å². The van der Waals surface area contributed by atoms with E-state index in [4.69, 9.17) is 4.74 Å². The van der Waals surface area contributed by atoms with Crippen molar-refractivity contribution in [3.8, 4) is 0 Å². The summed E-state index contributed by atoms with van der Waals surface area (Å²) >= 11 is 1.33. The Morgan fingerprint density at radius 2 is 2.00 bits per heavy atom. The number of rotatable bonds is 4. The van der Waals surface area contributed by atoms with Crippen LogP contribution in [-0.2, 0) is 22.4 Å². The molecule has 1 atom stereocenters. The number of aromatic nitrogens is 1. The van der Waals surface area contributed by atoms with E-state index in [1.54, 1.807) is 30.5 Å². The molecular formula is C20H15FN2O3S. The summed E-state index contributed by atoms with van der Waals surface area (Å²) in [6, 6.07) is 13.4. The van der Waals surface area contributed by atoms with Gasteiger partial charge in [0.25, 0.3) is 5.91 Å². The third-order valence-corrected chi connectivity index (χ3v) is 5.17. The summed E-state index contributed by atoms with van der Waals surface area (Å²) in [5, 5.41) is 3.15. The lowest BCUT2D eigenvalue weighted by molar-refractivity contribution is -0.125. The van der Waals surface area contributed by atoms with Crippen molar-refractivity contribution in [3.05, 3.63) is 82.1 Å². The highest BCUT2D eigenvalue weighted by Crippen LogP contribution is 2.24. The number of carbonyl (C=O) groups excluding carboxylic acids is 2. The van der Waals surface area contributed by atoms with E-state index in [9.17, 15) is 14.0 Å². The molecule has 0 fully saturated rings. The van der Waals surface area contributed by atoms with Crippen molar-refractivity contribution >= 4 is 28.3 Å². The lowest BCUT2D eigenvalue weighted by Gasteiger charge is -2.23. The van der Waals surface area contributed by atoms with Gasteiger partial charge in [0.1, 0.15) is 5.82 Å². The van der Waals surface area contributed by atoms with Crippen molar-refractivity contribution in [3.63, 3.8) is 0 Å². The maximum Gasteiger partial charge on any atom is 0.339 e. The van der Waals surface area contributed by atoms with E-state index < -0.39 is 18.0 Å². The average Bonchev–Trinajstić information content (AvgIpc) is 3.10. The van der Waals surface area contributed by atoms with E-state index >= 15 is 0 Å². The van der Waals surface area contributed by atoms with Crippen LogP contribution in [-0.4, -0.2) is 23.0 Å². The first-order chi connectivity index (χ1) is 13.1. The number of esters is 1. The van der Waals surface area contributed by atoms with Crippen LogP contribution in [0.5, 0.6) is 0 Å². The fourth-order valence-corrected chi connectivity index (χ4v) is 3.76. The molecule has 0 aliphatic carbocycles. The molecule has 0 radical (unpaired) electrons. The van der Waals surface area contributed by atoms with E-state index in [1.165, 1.54) is 23.5 Å². The van der Waals surface area contributed by atoms with Crippen LogP contribution in [0.15, 0.2) is 54.7 Å². The Labute approximate surface area is 158 Å². The van der Waals surface area contributed by atoms with Crippen LogP contribution >= 0.6 is 11.3 Å². The Kier molecular flexibility index (Phi) is 4.68. The number of amides is 1. The minimum atomic E-state index is -0.878. The predicted molar refractivity (Wildman–Crippen MR) is 99.3 cm³/mol. The van der Waals surface area contributed by atoms with Crippen LogP contribution in [0.25, 0.3) is 0 Å². The summed E-state index contributed by atoms with van der Waals surface area (Å²) in [7, 11) is 0. The first-order valence-electron chi connectivity index (χ1n) is 8.37. The van der Waals surface area contributed by atoms with Crippen LogP contribution < -0.4 is 5.32 Å². The van der Waals surface area contributed by atoms with Crippen LogP contribution in [0.1, 0.15) is 26.4 Å². The van der Waals surface area contributed by atoms with Gasteiger partial charge < -0.3 is 4.74 Å². The molecule has 1 aliphatic heterocycles.